The highest BCUT2D eigenvalue weighted by atomic mass is 15.1. The number of benzene rings is 9. The van der Waals surface area contributed by atoms with Crippen LogP contribution in [0.2, 0.25) is 0 Å². The van der Waals surface area contributed by atoms with Gasteiger partial charge in [-0.15, -0.1) is 0 Å². The number of fused-ring (bicyclic) bond motifs is 7. The molecule has 0 aliphatic heterocycles. The second-order valence-corrected chi connectivity index (χ2v) is 15.8. The summed E-state index contributed by atoms with van der Waals surface area (Å²) in [5, 5.41) is 4.73. The van der Waals surface area contributed by atoms with Crippen LogP contribution in [0, 0.1) is 0 Å². The van der Waals surface area contributed by atoms with Crippen LogP contribution in [0.15, 0.2) is 231 Å². The van der Waals surface area contributed by atoms with Crippen LogP contribution in [-0.2, 0) is 0 Å². The molecule has 0 atom stereocenters. The van der Waals surface area contributed by atoms with Crippen molar-refractivity contribution >= 4 is 43.6 Å². The van der Waals surface area contributed by atoms with Crippen molar-refractivity contribution < 1.29 is 0 Å². The average molecular weight is 791 g/mol. The van der Waals surface area contributed by atoms with Gasteiger partial charge in [-0.2, -0.15) is 0 Å². The van der Waals surface area contributed by atoms with Crippen molar-refractivity contribution in [1.82, 2.24) is 19.1 Å². The first-order valence-corrected chi connectivity index (χ1v) is 21.1. The highest BCUT2D eigenvalue weighted by molar-refractivity contribution is 6.23. The van der Waals surface area contributed by atoms with Crippen molar-refractivity contribution in [3.05, 3.63) is 231 Å². The molecule has 0 aliphatic carbocycles. The van der Waals surface area contributed by atoms with Crippen molar-refractivity contribution in [3.63, 3.8) is 0 Å². The van der Waals surface area contributed by atoms with E-state index in [4.69, 9.17) is 9.97 Å². The minimum absolute atomic E-state index is 0.677. The average Bonchev–Trinajstić information content (AvgIpc) is 3.88. The number of rotatable bonds is 7. The van der Waals surface area contributed by atoms with Gasteiger partial charge in [0.05, 0.1) is 27.8 Å². The third-order valence-corrected chi connectivity index (χ3v) is 12.2. The van der Waals surface area contributed by atoms with E-state index in [-0.39, 0.29) is 0 Å². The van der Waals surface area contributed by atoms with Gasteiger partial charge in [0.15, 0.2) is 5.82 Å². The molecule has 0 aliphatic rings. The minimum atomic E-state index is 0.677. The van der Waals surface area contributed by atoms with E-state index in [0.717, 1.165) is 50.4 Å². The zero-order valence-corrected chi connectivity index (χ0v) is 33.7. The van der Waals surface area contributed by atoms with Gasteiger partial charge in [-0.3, -0.25) is 4.57 Å². The molecule has 0 radical (unpaired) electrons. The molecule has 0 amide bonds. The molecule has 0 saturated heterocycles. The molecule has 0 unspecified atom stereocenters. The molecular formula is C58H38N4. The van der Waals surface area contributed by atoms with Crippen molar-refractivity contribution in [1.29, 1.82) is 0 Å². The van der Waals surface area contributed by atoms with Gasteiger partial charge in [0, 0.05) is 44.4 Å². The zero-order valence-electron chi connectivity index (χ0n) is 33.7. The Labute approximate surface area is 359 Å². The Bertz CT molecular complexity index is 3570. The van der Waals surface area contributed by atoms with Crippen LogP contribution in [0.4, 0.5) is 0 Å². The smallest absolute Gasteiger partial charge is 0.162 e. The Morgan fingerprint density at radius 1 is 0.274 bits per heavy atom. The Morgan fingerprint density at radius 2 is 0.661 bits per heavy atom. The van der Waals surface area contributed by atoms with E-state index in [2.05, 4.69) is 221 Å². The molecule has 12 aromatic rings. The van der Waals surface area contributed by atoms with Gasteiger partial charge in [0.2, 0.25) is 0 Å². The molecule has 0 N–H and O–H groups in total. The van der Waals surface area contributed by atoms with Crippen LogP contribution in [0.3, 0.4) is 0 Å². The molecule has 290 valence electrons. The monoisotopic (exact) mass is 790 g/mol. The molecule has 3 aromatic heterocycles. The molecule has 3 heterocycles. The summed E-state index contributed by atoms with van der Waals surface area (Å²) in [7, 11) is 0. The van der Waals surface area contributed by atoms with Crippen LogP contribution >= 0.6 is 0 Å². The van der Waals surface area contributed by atoms with Crippen molar-refractivity contribution in [2.24, 2.45) is 0 Å². The van der Waals surface area contributed by atoms with Crippen LogP contribution in [0.1, 0.15) is 0 Å². The maximum atomic E-state index is 5.41. The third-order valence-electron chi connectivity index (χ3n) is 12.2. The fourth-order valence-electron chi connectivity index (χ4n) is 9.17. The maximum absolute atomic E-state index is 5.41. The zero-order chi connectivity index (χ0) is 41.0. The van der Waals surface area contributed by atoms with Crippen molar-refractivity contribution in [2.75, 3.05) is 0 Å². The summed E-state index contributed by atoms with van der Waals surface area (Å²) in [6, 6.07) is 82.1. The topological polar surface area (TPSA) is 35.6 Å². The Morgan fingerprint density at radius 3 is 1.18 bits per heavy atom. The molecule has 12 rings (SSSR count). The van der Waals surface area contributed by atoms with Crippen LogP contribution in [0.5, 0.6) is 0 Å². The van der Waals surface area contributed by atoms with E-state index in [0.29, 0.717) is 5.82 Å². The van der Waals surface area contributed by atoms with Gasteiger partial charge in [-0.05, 0) is 57.6 Å². The fourth-order valence-corrected chi connectivity index (χ4v) is 9.17. The summed E-state index contributed by atoms with van der Waals surface area (Å²) in [6.07, 6.45) is 0. The number of hydrogen-bond donors (Lipinski definition) is 0. The van der Waals surface area contributed by atoms with Crippen LogP contribution < -0.4 is 0 Å². The number of aromatic nitrogens is 4. The van der Waals surface area contributed by atoms with E-state index in [9.17, 15) is 0 Å². The quantitative estimate of drug-likeness (QED) is 0.161. The van der Waals surface area contributed by atoms with Gasteiger partial charge >= 0.3 is 0 Å². The van der Waals surface area contributed by atoms with E-state index >= 15 is 0 Å². The molecule has 0 fully saturated rings. The molecule has 62 heavy (non-hydrogen) atoms. The third kappa shape index (κ3) is 6.00. The summed E-state index contributed by atoms with van der Waals surface area (Å²) >= 11 is 0. The van der Waals surface area contributed by atoms with Gasteiger partial charge < -0.3 is 4.57 Å². The first kappa shape index (κ1) is 35.6. The molecular weight excluding hydrogens is 753 g/mol. The lowest BCUT2D eigenvalue weighted by atomic mass is 10.0. The molecule has 0 bridgehead atoms. The van der Waals surface area contributed by atoms with Gasteiger partial charge in [-0.1, -0.05) is 200 Å². The number of hydrogen-bond acceptors (Lipinski definition) is 2. The lowest BCUT2D eigenvalue weighted by molar-refractivity contribution is 1.05. The largest absolute Gasteiger partial charge is 0.307 e. The molecule has 9 aromatic carbocycles. The summed E-state index contributed by atoms with van der Waals surface area (Å²) in [6.45, 7) is 0. The summed E-state index contributed by atoms with van der Waals surface area (Å²) in [5.41, 5.74) is 15.6. The van der Waals surface area contributed by atoms with Gasteiger partial charge in [0.1, 0.15) is 5.82 Å². The summed E-state index contributed by atoms with van der Waals surface area (Å²) in [4.78, 5) is 10.6. The van der Waals surface area contributed by atoms with Crippen LogP contribution in [0.25, 0.3) is 111 Å². The van der Waals surface area contributed by atoms with Crippen LogP contribution in [-0.4, -0.2) is 19.1 Å². The lowest BCUT2D eigenvalue weighted by Crippen LogP contribution is -2.04. The first-order chi connectivity index (χ1) is 30.7. The Hall–Kier alpha value is -8.34. The van der Waals surface area contributed by atoms with Gasteiger partial charge in [0.25, 0.3) is 0 Å². The minimum Gasteiger partial charge on any atom is -0.307 e. The van der Waals surface area contributed by atoms with E-state index in [1.807, 2.05) is 18.2 Å². The predicted octanol–water partition coefficient (Wildman–Crippen LogP) is 15.0. The Balaban J connectivity index is 1.07. The second-order valence-electron chi connectivity index (χ2n) is 15.8. The first-order valence-electron chi connectivity index (χ1n) is 21.1. The standard InChI is InChI=1S/C58H38N4/c1-4-14-39(15-5-1)41-24-26-43(27-25-41)44-32-34-47(35-33-44)61-53-22-12-10-20-48(53)50-36-37-51-49-21-11-13-23-54(49)62(57(51)56(50)61)55-38-52(59-58(60-55)46-18-8-3-9-19-46)45-30-28-42(29-31-45)40-16-6-2-7-17-40/h1-38H. The fraction of sp³-hybridized carbons (Fsp3) is 0. The van der Waals surface area contributed by atoms with E-state index < -0.39 is 0 Å². The van der Waals surface area contributed by atoms with E-state index in [1.54, 1.807) is 0 Å². The van der Waals surface area contributed by atoms with Gasteiger partial charge in [-0.25, -0.2) is 9.97 Å². The summed E-state index contributed by atoms with van der Waals surface area (Å²) < 4.78 is 4.80. The predicted molar refractivity (Wildman–Crippen MR) is 258 cm³/mol. The number of para-hydroxylation sites is 2. The molecule has 4 heteroatoms. The SMILES string of the molecule is c1ccc(-c2ccc(-c3ccc(-n4c5ccccc5c5ccc6c7ccccc7n(-c7cc(-c8ccc(-c9ccccc9)cc8)nc(-c8ccccc8)n7)c6c54)cc3)cc2)cc1. The lowest BCUT2D eigenvalue weighted by Gasteiger charge is -2.14. The Kier molecular flexibility index (Phi) is 8.46. The highest BCUT2D eigenvalue weighted by Crippen LogP contribution is 2.42. The molecule has 4 nitrogen and oxygen atoms in total. The summed E-state index contributed by atoms with van der Waals surface area (Å²) in [5.74, 6) is 1.49. The highest BCUT2D eigenvalue weighted by Gasteiger charge is 2.23. The van der Waals surface area contributed by atoms with Crippen molar-refractivity contribution in [2.45, 2.75) is 0 Å². The maximum Gasteiger partial charge on any atom is 0.162 e. The normalized spacial score (nSPS) is 11.5. The van der Waals surface area contributed by atoms with Crippen molar-refractivity contribution in [3.8, 4) is 67.5 Å². The van der Waals surface area contributed by atoms with E-state index in [1.165, 1.54) is 54.9 Å². The molecule has 0 saturated carbocycles. The second kappa shape index (κ2) is 14.7. The molecule has 0 spiro atoms. The number of nitrogens with zero attached hydrogens (tertiary/aromatic N) is 4.